The van der Waals surface area contributed by atoms with Crippen LogP contribution in [0.25, 0.3) is 0 Å². The lowest BCUT2D eigenvalue weighted by Crippen LogP contribution is -2.19. The molecule has 1 nitrogen and oxygen atoms in total. The molecule has 0 bridgehead atoms. The van der Waals surface area contributed by atoms with E-state index in [0.717, 1.165) is 0 Å². The molecule has 1 rings (SSSR count). The van der Waals surface area contributed by atoms with Crippen molar-refractivity contribution < 1.29 is 4.74 Å². The third-order valence-corrected chi connectivity index (χ3v) is 3.56. The molecule has 1 atom stereocenters. The van der Waals surface area contributed by atoms with Crippen molar-refractivity contribution >= 4 is 0 Å². The van der Waals surface area contributed by atoms with Crippen molar-refractivity contribution in [3.05, 3.63) is 23.3 Å². The number of rotatable bonds is 4. The van der Waals surface area contributed by atoms with Crippen LogP contribution in [0.1, 0.15) is 60.8 Å². The Morgan fingerprint density at radius 3 is 2.41 bits per heavy atom. The summed E-state index contributed by atoms with van der Waals surface area (Å²) in [5.74, 6) is 0. The van der Waals surface area contributed by atoms with Crippen LogP contribution in [0.4, 0.5) is 0 Å². The van der Waals surface area contributed by atoms with E-state index in [0.29, 0.717) is 11.5 Å². The van der Waals surface area contributed by atoms with Gasteiger partial charge in [0.25, 0.3) is 0 Å². The molecule has 0 fully saturated rings. The predicted octanol–water partition coefficient (Wildman–Crippen LogP) is 4.88. The lowest BCUT2D eigenvalue weighted by Gasteiger charge is -2.33. The van der Waals surface area contributed by atoms with Gasteiger partial charge in [-0.15, -0.1) is 0 Å². The lowest BCUT2D eigenvalue weighted by molar-refractivity contribution is 0.0460. The molecule has 1 heteroatoms. The van der Waals surface area contributed by atoms with Crippen LogP contribution in [-0.4, -0.2) is 12.2 Å². The standard InChI is InChI=1S/C16H28O/c1-12(2)17-14(4)9-10-15-13(3)8-7-11-16(15,5)6/h9-10,12,14H,7-8,11H2,1-6H3. The minimum absolute atomic E-state index is 0.202. The number of hydrogen-bond acceptors (Lipinski definition) is 1. The Morgan fingerprint density at radius 1 is 1.24 bits per heavy atom. The molecule has 0 radical (unpaired) electrons. The van der Waals surface area contributed by atoms with E-state index in [4.69, 9.17) is 4.74 Å². The molecular formula is C16H28O. The Hall–Kier alpha value is -0.560. The van der Waals surface area contributed by atoms with Crippen molar-refractivity contribution in [3.63, 3.8) is 0 Å². The summed E-state index contributed by atoms with van der Waals surface area (Å²) in [6, 6.07) is 0. The van der Waals surface area contributed by atoms with Crippen molar-refractivity contribution in [2.75, 3.05) is 0 Å². The van der Waals surface area contributed by atoms with E-state index in [9.17, 15) is 0 Å². The average Bonchev–Trinajstić information content (AvgIpc) is 2.14. The minimum atomic E-state index is 0.202. The van der Waals surface area contributed by atoms with E-state index in [1.807, 2.05) is 0 Å². The SMILES string of the molecule is CC1=C(C=CC(C)OC(C)C)C(C)(C)CCC1. The minimum Gasteiger partial charge on any atom is -0.372 e. The first kappa shape index (κ1) is 14.5. The molecule has 0 amide bonds. The van der Waals surface area contributed by atoms with E-state index >= 15 is 0 Å². The zero-order chi connectivity index (χ0) is 13.1. The number of ether oxygens (including phenoxy) is 1. The summed E-state index contributed by atoms with van der Waals surface area (Å²) >= 11 is 0. The van der Waals surface area contributed by atoms with Crippen LogP contribution in [0.15, 0.2) is 23.3 Å². The van der Waals surface area contributed by atoms with Crippen molar-refractivity contribution in [1.82, 2.24) is 0 Å². The van der Waals surface area contributed by atoms with E-state index in [1.54, 1.807) is 5.57 Å². The average molecular weight is 236 g/mol. The quantitative estimate of drug-likeness (QED) is 0.675. The van der Waals surface area contributed by atoms with Crippen LogP contribution in [0.5, 0.6) is 0 Å². The summed E-state index contributed by atoms with van der Waals surface area (Å²) < 4.78 is 5.74. The topological polar surface area (TPSA) is 9.23 Å². The Balaban J connectivity index is 2.74. The summed E-state index contributed by atoms with van der Waals surface area (Å²) in [7, 11) is 0. The van der Waals surface area contributed by atoms with Gasteiger partial charge < -0.3 is 4.74 Å². The van der Waals surface area contributed by atoms with Gasteiger partial charge in [-0.2, -0.15) is 0 Å². The normalized spacial score (nSPS) is 22.5. The van der Waals surface area contributed by atoms with E-state index in [2.05, 4.69) is 53.7 Å². The molecule has 0 saturated heterocycles. The van der Waals surface area contributed by atoms with Crippen LogP contribution in [0, 0.1) is 5.41 Å². The van der Waals surface area contributed by atoms with Crippen molar-refractivity contribution in [3.8, 4) is 0 Å². The molecule has 1 aliphatic carbocycles. The number of allylic oxidation sites excluding steroid dienone is 3. The van der Waals surface area contributed by atoms with Gasteiger partial charge in [-0.3, -0.25) is 0 Å². The Bertz CT molecular complexity index is 307. The largest absolute Gasteiger partial charge is 0.372 e. The molecule has 0 N–H and O–H groups in total. The molecular weight excluding hydrogens is 208 g/mol. The highest BCUT2D eigenvalue weighted by Gasteiger charge is 2.26. The lowest BCUT2D eigenvalue weighted by atomic mass is 9.72. The van der Waals surface area contributed by atoms with E-state index in [-0.39, 0.29) is 6.10 Å². The third-order valence-electron chi connectivity index (χ3n) is 3.56. The number of hydrogen-bond donors (Lipinski definition) is 0. The zero-order valence-corrected chi connectivity index (χ0v) is 12.3. The van der Waals surface area contributed by atoms with Gasteiger partial charge in [-0.25, -0.2) is 0 Å². The maximum Gasteiger partial charge on any atom is 0.0734 e. The molecule has 0 aliphatic heterocycles. The van der Waals surface area contributed by atoms with Gasteiger partial charge in [-0.1, -0.05) is 31.6 Å². The van der Waals surface area contributed by atoms with Gasteiger partial charge in [0.2, 0.25) is 0 Å². The van der Waals surface area contributed by atoms with E-state index < -0.39 is 0 Å². The Morgan fingerprint density at radius 2 is 1.88 bits per heavy atom. The second-order valence-electron chi connectivity index (χ2n) is 6.18. The fourth-order valence-electron chi connectivity index (χ4n) is 2.72. The third kappa shape index (κ3) is 4.31. The second-order valence-corrected chi connectivity index (χ2v) is 6.18. The second kappa shape index (κ2) is 5.86. The van der Waals surface area contributed by atoms with Gasteiger partial charge in [0, 0.05) is 0 Å². The van der Waals surface area contributed by atoms with Crippen LogP contribution < -0.4 is 0 Å². The van der Waals surface area contributed by atoms with Crippen LogP contribution in [0.2, 0.25) is 0 Å². The fraction of sp³-hybridized carbons (Fsp3) is 0.750. The van der Waals surface area contributed by atoms with Crippen LogP contribution in [-0.2, 0) is 4.74 Å². The Kier molecular flexibility index (Phi) is 5.00. The molecule has 0 spiro atoms. The fourth-order valence-corrected chi connectivity index (χ4v) is 2.72. The first-order valence-electron chi connectivity index (χ1n) is 6.87. The zero-order valence-electron chi connectivity index (χ0n) is 12.3. The molecule has 0 saturated carbocycles. The summed E-state index contributed by atoms with van der Waals surface area (Å²) in [6.07, 6.45) is 8.87. The van der Waals surface area contributed by atoms with Gasteiger partial charge in [0.1, 0.15) is 0 Å². The van der Waals surface area contributed by atoms with Gasteiger partial charge >= 0.3 is 0 Å². The van der Waals surface area contributed by atoms with Crippen molar-refractivity contribution in [1.29, 1.82) is 0 Å². The molecule has 1 aliphatic rings. The highest BCUT2D eigenvalue weighted by atomic mass is 16.5. The molecule has 1 unspecified atom stereocenters. The highest BCUT2D eigenvalue weighted by molar-refractivity contribution is 5.32. The molecule has 0 heterocycles. The first-order chi connectivity index (χ1) is 7.83. The van der Waals surface area contributed by atoms with Crippen molar-refractivity contribution in [2.24, 2.45) is 5.41 Å². The monoisotopic (exact) mass is 236 g/mol. The highest BCUT2D eigenvalue weighted by Crippen LogP contribution is 2.40. The molecule has 0 aromatic rings. The Labute approximate surface area is 107 Å². The molecule has 98 valence electrons. The molecule has 17 heavy (non-hydrogen) atoms. The maximum atomic E-state index is 5.74. The smallest absolute Gasteiger partial charge is 0.0734 e. The van der Waals surface area contributed by atoms with Gasteiger partial charge in [-0.05, 0) is 57.9 Å². The molecule has 0 aromatic heterocycles. The summed E-state index contributed by atoms with van der Waals surface area (Å²) in [5, 5.41) is 0. The van der Waals surface area contributed by atoms with Crippen LogP contribution >= 0.6 is 0 Å². The molecule has 0 aromatic carbocycles. The first-order valence-corrected chi connectivity index (χ1v) is 6.87. The van der Waals surface area contributed by atoms with Crippen LogP contribution in [0.3, 0.4) is 0 Å². The van der Waals surface area contributed by atoms with Crippen molar-refractivity contribution in [2.45, 2.75) is 73.0 Å². The predicted molar refractivity (Wildman–Crippen MR) is 75.2 cm³/mol. The summed E-state index contributed by atoms with van der Waals surface area (Å²) in [4.78, 5) is 0. The maximum absolute atomic E-state index is 5.74. The van der Waals surface area contributed by atoms with E-state index in [1.165, 1.54) is 24.8 Å². The summed E-state index contributed by atoms with van der Waals surface area (Å²) in [6.45, 7) is 13.3. The van der Waals surface area contributed by atoms with Gasteiger partial charge in [0.05, 0.1) is 12.2 Å². The summed E-state index contributed by atoms with van der Waals surface area (Å²) in [5.41, 5.74) is 3.40. The van der Waals surface area contributed by atoms with Gasteiger partial charge in [0.15, 0.2) is 0 Å².